The second kappa shape index (κ2) is 7.26. The van der Waals surface area contributed by atoms with Gasteiger partial charge in [-0.15, -0.1) is 0 Å². The maximum atomic E-state index is 11.6. The Hall–Kier alpha value is -2.11. The first-order valence-corrected chi connectivity index (χ1v) is 5.76. The molecule has 0 aliphatic rings. The lowest BCUT2D eigenvalue weighted by atomic mass is 10.2. The smallest absolute Gasteiger partial charge is 0.305 e. The maximum Gasteiger partial charge on any atom is 0.305 e. The number of aromatic nitrogens is 1. The zero-order valence-electron chi connectivity index (χ0n) is 10.2. The summed E-state index contributed by atoms with van der Waals surface area (Å²) in [4.78, 5) is 36.6. The fraction of sp³-hybridized carbons (Fsp3) is 0.417. The highest BCUT2D eigenvalue weighted by Gasteiger charge is 2.08. The van der Waals surface area contributed by atoms with E-state index < -0.39 is 5.91 Å². The van der Waals surface area contributed by atoms with Crippen LogP contribution in [0.3, 0.4) is 0 Å². The molecule has 1 aromatic heterocycles. The molecule has 1 heterocycles. The number of ether oxygens (including phenoxy) is 1. The van der Waals surface area contributed by atoms with Gasteiger partial charge in [0.1, 0.15) is 5.56 Å². The number of hydrogen-bond donors (Lipinski definition) is 2. The Labute approximate surface area is 104 Å². The van der Waals surface area contributed by atoms with Crippen molar-refractivity contribution in [3.05, 3.63) is 34.2 Å². The van der Waals surface area contributed by atoms with Crippen LogP contribution in [0.1, 0.15) is 30.1 Å². The van der Waals surface area contributed by atoms with E-state index in [0.717, 1.165) is 0 Å². The van der Waals surface area contributed by atoms with Gasteiger partial charge in [0.2, 0.25) is 0 Å². The third-order valence-electron chi connectivity index (χ3n) is 2.22. The van der Waals surface area contributed by atoms with Crippen molar-refractivity contribution < 1.29 is 14.3 Å². The number of amides is 1. The van der Waals surface area contributed by atoms with E-state index in [1.165, 1.54) is 18.5 Å². The molecular weight excluding hydrogens is 236 g/mol. The summed E-state index contributed by atoms with van der Waals surface area (Å²) in [7, 11) is 0. The summed E-state index contributed by atoms with van der Waals surface area (Å²) in [5.41, 5.74) is -0.273. The van der Waals surface area contributed by atoms with E-state index >= 15 is 0 Å². The summed E-state index contributed by atoms with van der Waals surface area (Å²) in [6.45, 7) is 2.41. The molecule has 6 nitrogen and oxygen atoms in total. The number of rotatable bonds is 6. The average Bonchev–Trinajstić information content (AvgIpc) is 2.35. The Morgan fingerprint density at radius 3 is 2.89 bits per heavy atom. The van der Waals surface area contributed by atoms with Gasteiger partial charge >= 0.3 is 5.97 Å². The zero-order valence-corrected chi connectivity index (χ0v) is 10.2. The molecule has 1 amide bonds. The number of aromatic amines is 1. The third kappa shape index (κ3) is 4.40. The molecule has 0 atom stereocenters. The Kier molecular flexibility index (Phi) is 5.63. The monoisotopic (exact) mass is 252 g/mol. The molecule has 18 heavy (non-hydrogen) atoms. The van der Waals surface area contributed by atoms with Crippen molar-refractivity contribution in [1.82, 2.24) is 10.3 Å². The van der Waals surface area contributed by atoms with Crippen LogP contribution in [0.25, 0.3) is 0 Å². The number of esters is 1. The molecule has 0 aliphatic heterocycles. The van der Waals surface area contributed by atoms with Crippen molar-refractivity contribution in [3.8, 4) is 0 Å². The fourth-order valence-electron chi connectivity index (χ4n) is 1.36. The van der Waals surface area contributed by atoms with E-state index in [-0.39, 0.29) is 23.4 Å². The third-order valence-corrected chi connectivity index (χ3v) is 2.22. The summed E-state index contributed by atoms with van der Waals surface area (Å²) in [5, 5.41) is 2.57. The van der Waals surface area contributed by atoms with E-state index in [2.05, 4.69) is 10.3 Å². The summed E-state index contributed by atoms with van der Waals surface area (Å²) >= 11 is 0. The lowest BCUT2D eigenvalue weighted by molar-refractivity contribution is -0.143. The molecule has 0 fully saturated rings. The van der Waals surface area contributed by atoms with Crippen LogP contribution in [-0.4, -0.2) is 30.0 Å². The number of pyridine rings is 1. The SMILES string of the molecule is CCOC(=O)CCCNC(=O)c1c[nH]ccc1=O. The summed E-state index contributed by atoms with van der Waals surface area (Å²) in [6.07, 6.45) is 3.54. The first kappa shape index (κ1) is 14.0. The van der Waals surface area contributed by atoms with Crippen LogP contribution in [0.4, 0.5) is 0 Å². The van der Waals surface area contributed by atoms with Gasteiger partial charge < -0.3 is 15.0 Å². The van der Waals surface area contributed by atoms with E-state index in [0.29, 0.717) is 19.6 Å². The minimum atomic E-state index is -0.444. The van der Waals surface area contributed by atoms with E-state index in [1.54, 1.807) is 6.92 Å². The molecular formula is C12H16N2O4. The van der Waals surface area contributed by atoms with Crippen LogP contribution >= 0.6 is 0 Å². The molecule has 2 N–H and O–H groups in total. The first-order valence-electron chi connectivity index (χ1n) is 5.76. The quantitative estimate of drug-likeness (QED) is 0.568. The molecule has 0 unspecified atom stereocenters. The molecule has 0 spiro atoms. The van der Waals surface area contributed by atoms with Gasteiger partial charge in [-0.3, -0.25) is 14.4 Å². The topological polar surface area (TPSA) is 88.3 Å². The van der Waals surface area contributed by atoms with Crippen LogP contribution in [0.15, 0.2) is 23.3 Å². The highest BCUT2D eigenvalue weighted by atomic mass is 16.5. The standard InChI is InChI=1S/C12H16N2O4/c1-2-18-11(16)4-3-6-14-12(17)9-8-13-7-5-10(9)15/h5,7-8H,2-4,6H2,1H3,(H,13,15)(H,14,17). The minimum Gasteiger partial charge on any atom is -0.466 e. The Morgan fingerprint density at radius 2 is 2.22 bits per heavy atom. The van der Waals surface area contributed by atoms with E-state index in [9.17, 15) is 14.4 Å². The molecule has 1 rings (SSSR count). The van der Waals surface area contributed by atoms with Gasteiger partial charge in [-0.2, -0.15) is 0 Å². The largest absolute Gasteiger partial charge is 0.466 e. The second-order valence-corrected chi connectivity index (χ2v) is 3.59. The van der Waals surface area contributed by atoms with Gasteiger partial charge in [0.15, 0.2) is 5.43 Å². The van der Waals surface area contributed by atoms with Gasteiger partial charge in [-0.25, -0.2) is 0 Å². The average molecular weight is 252 g/mol. The van der Waals surface area contributed by atoms with Crippen LogP contribution in [-0.2, 0) is 9.53 Å². The van der Waals surface area contributed by atoms with Crippen LogP contribution in [0.2, 0.25) is 0 Å². The lowest BCUT2D eigenvalue weighted by Gasteiger charge is -2.04. The number of nitrogens with one attached hydrogen (secondary N) is 2. The molecule has 0 aliphatic carbocycles. The number of carbonyl (C=O) groups excluding carboxylic acids is 2. The van der Waals surface area contributed by atoms with Crippen molar-refractivity contribution in [3.63, 3.8) is 0 Å². The second-order valence-electron chi connectivity index (χ2n) is 3.59. The van der Waals surface area contributed by atoms with Crippen molar-refractivity contribution in [2.75, 3.05) is 13.2 Å². The van der Waals surface area contributed by atoms with E-state index in [1.807, 2.05) is 0 Å². The molecule has 0 saturated heterocycles. The van der Waals surface area contributed by atoms with E-state index in [4.69, 9.17) is 4.74 Å². The predicted octanol–water partition coefficient (Wildman–Crippen LogP) is 0.448. The van der Waals surface area contributed by atoms with Crippen LogP contribution in [0.5, 0.6) is 0 Å². The van der Waals surface area contributed by atoms with Crippen LogP contribution in [0, 0.1) is 0 Å². The molecule has 0 radical (unpaired) electrons. The van der Waals surface area contributed by atoms with Gasteiger partial charge in [0, 0.05) is 31.4 Å². The molecule has 0 aromatic carbocycles. The minimum absolute atomic E-state index is 0.0636. The molecule has 0 saturated carbocycles. The Balaban J connectivity index is 2.32. The van der Waals surface area contributed by atoms with Gasteiger partial charge in [-0.1, -0.05) is 0 Å². The summed E-state index contributed by atoms with van der Waals surface area (Å²) in [6, 6.07) is 1.29. The molecule has 6 heteroatoms. The normalized spacial score (nSPS) is 9.83. The Morgan fingerprint density at radius 1 is 1.44 bits per heavy atom. The fourth-order valence-corrected chi connectivity index (χ4v) is 1.36. The number of H-pyrrole nitrogens is 1. The summed E-state index contributed by atoms with van der Waals surface area (Å²) < 4.78 is 4.75. The number of carbonyl (C=O) groups is 2. The highest BCUT2D eigenvalue weighted by Crippen LogP contribution is 1.93. The zero-order chi connectivity index (χ0) is 13.4. The van der Waals surface area contributed by atoms with Gasteiger partial charge in [-0.05, 0) is 13.3 Å². The summed E-state index contributed by atoms with van der Waals surface area (Å²) in [5.74, 6) is -0.731. The van der Waals surface area contributed by atoms with Crippen LogP contribution < -0.4 is 10.7 Å². The van der Waals surface area contributed by atoms with Crippen molar-refractivity contribution in [2.24, 2.45) is 0 Å². The molecule has 0 bridgehead atoms. The number of hydrogen-bond acceptors (Lipinski definition) is 4. The van der Waals surface area contributed by atoms with Crippen molar-refractivity contribution in [1.29, 1.82) is 0 Å². The molecule has 98 valence electrons. The lowest BCUT2D eigenvalue weighted by Crippen LogP contribution is -2.29. The van der Waals surface area contributed by atoms with Gasteiger partial charge in [0.25, 0.3) is 5.91 Å². The highest BCUT2D eigenvalue weighted by molar-refractivity contribution is 5.93. The Bertz CT molecular complexity index is 467. The molecule has 1 aromatic rings. The first-order chi connectivity index (χ1) is 8.65. The predicted molar refractivity (Wildman–Crippen MR) is 65.3 cm³/mol. The maximum absolute atomic E-state index is 11.6. The van der Waals surface area contributed by atoms with Gasteiger partial charge in [0.05, 0.1) is 6.61 Å². The van der Waals surface area contributed by atoms with Crippen molar-refractivity contribution in [2.45, 2.75) is 19.8 Å². The van der Waals surface area contributed by atoms with Crippen molar-refractivity contribution >= 4 is 11.9 Å².